The van der Waals surface area contributed by atoms with Gasteiger partial charge in [-0.15, -0.1) is 0 Å². The van der Waals surface area contributed by atoms with Crippen LogP contribution in [0.4, 0.5) is 0 Å². The van der Waals surface area contributed by atoms with Crippen LogP contribution < -0.4 is 4.43 Å². The van der Waals surface area contributed by atoms with Gasteiger partial charge in [0.05, 0.1) is 6.61 Å². The molecular weight excluding hydrogens is 252 g/mol. The number of halogens is 1. The summed E-state index contributed by atoms with van der Waals surface area (Å²) in [5.74, 6) is 0.714. The molecule has 0 saturated carbocycles. The summed E-state index contributed by atoms with van der Waals surface area (Å²) in [7, 11) is -1.89. The highest BCUT2D eigenvalue weighted by Gasteiger charge is 2.39. The first-order chi connectivity index (χ1) is 7.67. The highest BCUT2D eigenvalue weighted by Crippen LogP contribution is 2.38. The molecule has 0 atom stereocenters. The number of hydrogen-bond donors (Lipinski definition) is 1. The van der Waals surface area contributed by atoms with Crippen LogP contribution >= 0.6 is 11.6 Å². The highest BCUT2D eigenvalue weighted by atomic mass is 35.5. The van der Waals surface area contributed by atoms with E-state index in [9.17, 15) is 5.11 Å². The Kier molecular flexibility index (Phi) is 4.28. The molecule has 0 spiro atoms. The number of hydrogen-bond acceptors (Lipinski definition) is 2. The van der Waals surface area contributed by atoms with Crippen molar-refractivity contribution >= 4 is 19.9 Å². The Morgan fingerprint density at radius 2 is 1.88 bits per heavy atom. The van der Waals surface area contributed by atoms with Gasteiger partial charge < -0.3 is 9.53 Å². The predicted molar refractivity (Wildman–Crippen MR) is 75.2 cm³/mol. The quantitative estimate of drug-likeness (QED) is 0.835. The van der Waals surface area contributed by atoms with Crippen molar-refractivity contribution in [1.82, 2.24) is 0 Å². The molecule has 1 N–H and O–H groups in total. The lowest BCUT2D eigenvalue weighted by Gasteiger charge is -2.37. The van der Waals surface area contributed by atoms with Crippen LogP contribution in [0.3, 0.4) is 0 Å². The van der Waals surface area contributed by atoms with Crippen LogP contribution in [-0.2, 0) is 6.61 Å². The molecule has 17 heavy (non-hydrogen) atoms. The summed E-state index contributed by atoms with van der Waals surface area (Å²) >= 11 is 5.97. The number of aliphatic hydroxyl groups excluding tert-OH is 1. The van der Waals surface area contributed by atoms with E-state index in [0.717, 1.165) is 5.56 Å². The van der Waals surface area contributed by atoms with E-state index in [0.29, 0.717) is 10.8 Å². The van der Waals surface area contributed by atoms with Gasteiger partial charge in [0.15, 0.2) is 0 Å². The molecule has 0 radical (unpaired) electrons. The van der Waals surface area contributed by atoms with Gasteiger partial charge in [-0.1, -0.05) is 38.4 Å². The molecule has 4 heteroatoms. The lowest BCUT2D eigenvalue weighted by atomic mass is 10.2. The minimum atomic E-state index is -1.89. The van der Waals surface area contributed by atoms with Crippen molar-refractivity contribution in [1.29, 1.82) is 0 Å². The number of benzene rings is 1. The van der Waals surface area contributed by atoms with Gasteiger partial charge in [-0.05, 0) is 30.3 Å². The zero-order chi connectivity index (χ0) is 13.3. The normalized spacial score (nSPS) is 12.6. The summed E-state index contributed by atoms with van der Waals surface area (Å²) in [5.41, 5.74) is 0.791. The topological polar surface area (TPSA) is 29.5 Å². The fourth-order valence-electron chi connectivity index (χ4n) is 1.18. The first kappa shape index (κ1) is 14.5. The largest absolute Gasteiger partial charge is 0.543 e. The van der Waals surface area contributed by atoms with E-state index in [1.54, 1.807) is 12.1 Å². The average molecular weight is 273 g/mol. The van der Waals surface area contributed by atoms with Gasteiger partial charge in [0.2, 0.25) is 8.32 Å². The van der Waals surface area contributed by atoms with E-state index in [1.807, 2.05) is 6.07 Å². The molecule has 0 aliphatic rings. The first-order valence-corrected chi connectivity index (χ1v) is 9.04. The van der Waals surface area contributed by atoms with Gasteiger partial charge in [-0.3, -0.25) is 0 Å². The minimum absolute atomic E-state index is 0.0267. The maximum absolute atomic E-state index is 9.30. The molecule has 0 heterocycles. The fraction of sp³-hybridized carbons (Fsp3) is 0.538. The van der Waals surface area contributed by atoms with E-state index in [4.69, 9.17) is 16.0 Å². The van der Waals surface area contributed by atoms with Gasteiger partial charge in [0, 0.05) is 10.6 Å². The Labute approximate surface area is 110 Å². The predicted octanol–water partition coefficient (Wildman–Crippen LogP) is 4.22. The molecule has 0 unspecified atom stereocenters. The molecule has 0 bridgehead atoms. The van der Waals surface area contributed by atoms with Gasteiger partial charge in [0.1, 0.15) is 5.75 Å². The van der Waals surface area contributed by atoms with Gasteiger partial charge >= 0.3 is 0 Å². The van der Waals surface area contributed by atoms with Crippen molar-refractivity contribution in [2.24, 2.45) is 0 Å². The Morgan fingerprint density at radius 1 is 1.29 bits per heavy atom. The van der Waals surface area contributed by atoms with Crippen molar-refractivity contribution in [3.8, 4) is 5.75 Å². The number of rotatable bonds is 3. The van der Waals surface area contributed by atoms with E-state index in [1.165, 1.54) is 0 Å². The minimum Gasteiger partial charge on any atom is -0.543 e. The SMILES string of the molecule is CC(C)(C)[Si](C)(C)Oc1cc(Cl)ccc1CO. The molecule has 0 fully saturated rings. The summed E-state index contributed by atoms with van der Waals surface area (Å²) < 4.78 is 6.16. The van der Waals surface area contributed by atoms with Crippen LogP contribution in [0.5, 0.6) is 5.75 Å². The summed E-state index contributed by atoms with van der Waals surface area (Å²) in [6.07, 6.45) is 0. The molecule has 2 nitrogen and oxygen atoms in total. The van der Waals surface area contributed by atoms with Crippen LogP contribution in [0, 0.1) is 0 Å². The third kappa shape index (κ3) is 3.47. The Hall–Kier alpha value is -0.513. The second-order valence-electron chi connectivity index (χ2n) is 5.77. The Morgan fingerprint density at radius 3 is 2.35 bits per heavy atom. The van der Waals surface area contributed by atoms with E-state index in [2.05, 4.69) is 33.9 Å². The third-order valence-electron chi connectivity index (χ3n) is 3.37. The van der Waals surface area contributed by atoms with Crippen molar-refractivity contribution in [2.75, 3.05) is 0 Å². The molecule has 0 aliphatic carbocycles. The zero-order valence-corrected chi connectivity index (χ0v) is 12.9. The van der Waals surface area contributed by atoms with Gasteiger partial charge in [-0.2, -0.15) is 0 Å². The summed E-state index contributed by atoms with van der Waals surface area (Å²) in [5, 5.41) is 10.1. The van der Waals surface area contributed by atoms with Crippen molar-refractivity contribution < 1.29 is 9.53 Å². The Bertz CT molecular complexity index is 397. The van der Waals surface area contributed by atoms with E-state index in [-0.39, 0.29) is 11.6 Å². The van der Waals surface area contributed by atoms with Crippen LogP contribution in [0.2, 0.25) is 23.2 Å². The second-order valence-corrected chi connectivity index (χ2v) is 10.9. The Balaban J connectivity index is 3.06. The van der Waals surface area contributed by atoms with Crippen molar-refractivity contribution in [3.63, 3.8) is 0 Å². The van der Waals surface area contributed by atoms with Crippen molar-refractivity contribution in [3.05, 3.63) is 28.8 Å². The fourth-order valence-corrected chi connectivity index (χ4v) is 2.39. The zero-order valence-electron chi connectivity index (χ0n) is 11.2. The average Bonchev–Trinajstić information content (AvgIpc) is 2.15. The van der Waals surface area contributed by atoms with Crippen LogP contribution in [-0.4, -0.2) is 13.4 Å². The first-order valence-electron chi connectivity index (χ1n) is 5.76. The van der Waals surface area contributed by atoms with Crippen molar-refractivity contribution in [2.45, 2.75) is 45.5 Å². The summed E-state index contributed by atoms with van der Waals surface area (Å²) in [4.78, 5) is 0. The maximum atomic E-state index is 9.30. The molecule has 96 valence electrons. The van der Waals surface area contributed by atoms with Gasteiger partial charge in [0.25, 0.3) is 0 Å². The van der Waals surface area contributed by atoms with E-state index < -0.39 is 8.32 Å². The summed E-state index contributed by atoms with van der Waals surface area (Å²) in [6.45, 7) is 10.9. The molecular formula is C13H21ClO2Si. The molecule has 0 amide bonds. The lowest BCUT2D eigenvalue weighted by molar-refractivity contribution is 0.277. The van der Waals surface area contributed by atoms with Gasteiger partial charge in [-0.25, -0.2) is 0 Å². The van der Waals surface area contributed by atoms with Crippen LogP contribution in [0.25, 0.3) is 0 Å². The van der Waals surface area contributed by atoms with Crippen LogP contribution in [0.15, 0.2) is 18.2 Å². The number of aliphatic hydroxyl groups is 1. The molecule has 1 aromatic carbocycles. The van der Waals surface area contributed by atoms with Crippen LogP contribution in [0.1, 0.15) is 26.3 Å². The third-order valence-corrected chi connectivity index (χ3v) is 7.95. The molecule has 0 saturated heterocycles. The standard InChI is InChI=1S/C13H21ClO2Si/c1-13(2,3)17(4,5)16-12-8-11(14)7-6-10(12)9-15/h6-8,15H,9H2,1-5H3. The monoisotopic (exact) mass is 272 g/mol. The second kappa shape index (κ2) is 5.00. The molecule has 1 aromatic rings. The smallest absolute Gasteiger partial charge is 0.250 e. The maximum Gasteiger partial charge on any atom is 0.250 e. The molecule has 0 aromatic heterocycles. The lowest BCUT2D eigenvalue weighted by Crippen LogP contribution is -2.44. The highest BCUT2D eigenvalue weighted by molar-refractivity contribution is 6.74. The summed E-state index contributed by atoms with van der Waals surface area (Å²) in [6, 6.07) is 5.37. The molecule has 0 aliphatic heterocycles. The molecule has 1 rings (SSSR count). The van der Waals surface area contributed by atoms with E-state index >= 15 is 0 Å².